The van der Waals surface area contributed by atoms with Crippen LogP contribution in [0.15, 0.2) is 36.7 Å². The summed E-state index contributed by atoms with van der Waals surface area (Å²) in [7, 11) is 1.52. The van der Waals surface area contributed by atoms with Gasteiger partial charge in [0.1, 0.15) is 11.9 Å². The van der Waals surface area contributed by atoms with Crippen molar-refractivity contribution >= 4 is 5.91 Å². The highest BCUT2D eigenvalue weighted by Gasteiger charge is 2.30. The van der Waals surface area contributed by atoms with E-state index >= 15 is 0 Å². The fraction of sp³-hybridized carbons (Fsp3) is 0.389. The van der Waals surface area contributed by atoms with Crippen molar-refractivity contribution in [3.8, 4) is 17.5 Å². The molecule has 0 aliphatic carbocycles. The first-order chi connectivity index (χ1) is 12.2. The number of likely N-dealkylation sites (tertiary alicyclic amines) is 1. The third-order valence-electron chi connectivity index (χ3n) is 3.95. The number of carbonyl (C=O) groups is 1. The molecule has 1 atom stereocenters. The van der Waals surface area contributed by atoms with Crippen molar-refractivity contribution < 1.29 is 19.0 Å². The van der Waals surface area contributed by atoms with Gasteiger partial charge in [-0.25, -0.2) is 9.97 Å². The van der Waals surface area contributed by atoms with E-state index in [0.29, 0.717) is 42.8 Å². The number of hydrogen-bond acceptors (Lipinski definition) is 6. The Morgan fingerprint density at radius 1 is 1.24 bits per heavy atom. The molecule has 0 N–H and O–H groups in total. The van der Waals surface area contributed by atoms with Crippen LogP contribution in [0, 0.1) is 0 Å². The molecule has 1 aromatic heterocycles. The highest BCUT2D eigenvalue weighted by molar-refractivity contribution is 5.97. The lowest BCUT2D eigenvalue weighted by Crippen LogP contribution is -2.31. The van der Waals surface area contributed by atoms with Gasteiger partial charge in [-0.05, 0) is 19.1 Å². The summed E-state index contributed by atoms with van der Waals surface area (Å²) in [5, 5.41) is 0. The van der Waals surface area contributed by atoms with Crippen LogP contribution in [0.1, 0.15) is 23.7 Å². The Morgan fingerprint density at radius 2 is 2.00 bits per heavy atom. The summed E-state index contributed by atoms with van der Waals surface area (Å²) in [4.78, 5) is 22.8. The second-order valence-electron chi connectivity index (χ2n) is 5.58. The molecule has 0 radical (unpaired) electrons. The van der Waals surface area contributed by atoms with Crippen LogP contribution in [-0.4, -0.2) is 53.7 Å². The summed E-state index contributed by atoms with van der Waals surface area (Å²) in [5.41, 5.74) is 0.571. The van der Waals surface area contributed by atoms with E-state index < -0.39 is 0 Å². The Bertz CT molecular complexity index is 738. The van der Waals surface area contributed by atoms with E-state index in [2.05, 4.69) is 9.97 Å². The van der Waals surface area contributed by atoms with E-state index in [9.17, 15) is 4.79 Å². The topological polar surface area (TPSA) is 73.8 Å². The summed E-state index contributed by atoms with van der Waals surface area (Å²) in [6, 6.07) is 7.29. The monoisotopic (exact) mass is 343 g/mol. The normalized spacial score (nSPS) is 16.6. The average Bonchev–Trinajstić information content (AvgIpc) is 3.11. The number of carbonyl (C=O) groups excluding carboxylic acids is 1. The first-order valence-corrected chi connectivity index (χ1v) is 8.25. The molecule has 1 fully saturated rings. The molecule has 1 aliphatic rings. The van der Waals surface area contributed by atoms with Gasteiger partial charge in [-0.2, -0.15) is 0 Å². The zero-order valence-electron chi connectivity index (χ0n) is 14.3. The lowest BCUT2D eigenvalue weighted by Gasteiger charge is -2.19. The van der Waals surface area contributed by atoms with Gasteiger partial charge in [0.25, 0.3) is 17.7 Å². The minimum absolute atomic E-state index is 0.0544. The van der Waals surface area contributed by atoms with E-state index in [1.165, 1.54) is 7.11 Å². The number of ether oxygens (including phenoxy) is 3. The number of methoxy groups -OCH3 is 1. The molecule has 7 nitrogen and oxygen atoms in total. The standard InChI is InChI=1S/C18H21N3O4/c1-3-24-15-7-5-4-6-14(15)18(22)21-11-8-13(12-21)25-17-16(23-2)19-9-10-20-17/h4-7,9-10,13H,3,8,11-12H2,1-2H3/t13-/m0/s1. The maximum Gasteiger partial charge on any atom is 0.278 e. The molecule has 25 heavy (non-hydrogen) atoms. The lowest BCUT2D eigenvalue weighted by atomic mass is 10.2. The van der Waals surface area contributed by atoms with Crippen LogP contribution in [0.5, 0.6) is 17.5 Å². The van der Waals surface area contributed by atoms with Crippen molar-refractivity contribution in [2.45, 2.75) is 19.4 Å². The van der Waals surface area contributed by atoms with Gasteiger partial charge in [0, 0.05) is 25.4 Å². The van der Waals surface area contributed by atoms with Gasteiger partial charge in [-0.15, -0.1) is 0 Å². The third-order valence-corrected chi connectivity index (χ3v) is 3.95. The Labute approximate surface area is 146 Å². The Hall–Kier alpha value is -2.83. The largest absolute Gasteiger partial charge is 0.493 e. The third kappa shape index (κ3) is 3.81. The van der Waals surface area contributed by atoms with Crippen LogP contribution >= 0.6 is 0 Å². The molecular formula is C18H21N3O4. The van der Waals surface area contributed by atoms with Gasteiger partial charge in [0.2, 0.25) is 0 Å². The molecule has 0 unspecified atom stereocenters. The first kappa shape index (κ1) is 17.0. The number of rotatable bonds is 6. The van der Waals surface area contributed by atoms with Crippen LogP contribution < -0.4 is 14.2 Å². The van der Waals surface area contributed by atoms with Crippen LogP contribution in [0.2, 0.25) is 0 Å². The van der Waals surface area contributed by atoms with Gasteiger partial charge in [-0.1, -0.05) is 12.1 Å². The average molecular weight is 343 g/mol. The number of aromatic nitrogens is 2. The molecule has 1 saturated heterocycles. The summed E-state index contributed by atoms with van der Waals surface area (Å²) in [6.07, 6.45) is 3.67. The quantitative estimate of drug-likeness (QED) is 0.800. The zero-order chi connectivity index (χ0) is 17.6. The molecule has 2 heterocycles. The second kappa shape index (κ2) is 7.83. The summed E-state index contributed by atoms with van der Waals surface area (Å²) in [6.45, 7) is 3.52. The summed E-state index contributed by atoms with van der Waals surface area (Å²) >= 11 is 0. The molecule has 0 saturated carbocycles. The Kier molecular flexibility index (Phi) is 5.33. The van der Waals surface area contributed by atoms with Gasteiger partial charge in [0.05, 0.1) is 25.8 Å². The van der Waals surface area contributed by atoms with Gasteiger partial charge in [0.15, 0.2) is 0 Å². The van der Waals surface area contributed by atoms with Crippen LogP contribution in [-0.2, 0) is 0 Å². The molecule has 0 spiro atoms. The van der Waals surface area contributed by atoms with Crippen molar-refractivity contribution in [2.75, 3.05) is 26.8 Å². The van der Waals surface area contributed by atoms with E-state index in [4.69, 9.17) is 14.2 Å². The molecule has 2 aromatic rings. The minimum atomic E-state index is -0.145. The fourth-order valence-electron chi connectivity index (χ4n) is 2.80. The van der Waals surface area contributed by atoms with E-state index in [1.54, 1.807) is 23.4 Å². The number of benzene rings is 1. The molecule has 132 valence electrons. The maximum atomic E-state index is 12.8. The highest BCUT2D eigenvalue weighted by atomic mass is 16.5. The van der Waals surface area contributed by atoms with Crippen LogP contribution in [0.25, 0.3) is 0 Å². The molecule has 3 rings (SSSR count). The van der Waals surface area contributed by atoms with Crippen molar-refractivity contribution in [3.05, 3.63) is 42.2 Å². The predicted molar refractivity (Wildman–Crippen MR) is 91.1 cm³/mol. The molecular weight excluding hydrogens is 322 g/mol. The molecule has 0 bridgehead atoms. The van der Waals surface area contributed by atoms with Gasteiger partial charge < -0.3 is 19.1 Å². The van der Waals surface area contributed by atoms with E-state index in [1.807, 2.05) is 25.1 Å². The van der Waals surface area contributed by atoms with Gasteiger partial charge >= 0.3 is 0 Å². The van der Waals surface area contributed by atoms with Crippen LogP contribution in [0.4, 0.5) is 0 Å². The van der Waals surface area contributed by atoms with Gasteiger partial charge in [-0.3, -0.25) is 4.79 Å². The lowest BCUT2D eigenvalue weighted by molar-refractivity contribution is 0.0766. The number of hydrogen-bond donors (Lipinski definition) is 0. The fourth-order valence-corrected chi connectivity index (χ4v) is 2.80. The highest BCUT2D eigenvalue weighted by Crippen LogP contribution is 2.26. The molecule has 1 aromatic carbocycles. The smallest absolute Gasteiger partial charge is 0.278 e. The SMILES string of the molecule is CCOc1ccccc1C(=O)N1CC[C@H](Oc2nccnc2OC)C1. The first-order valence-electron chi connectivity index (χ1n) is 8.25. The van der Waals surface area contributed by atoms with Crippen molar-refractivity contribution in [3.63, 3.8) is 0 Å². The zero-order valence-corrected chi connectivity index (χ0v) is 14.3. The minimum Gasteiger partial charge on any atom is -0.493 e. The van der Waals surface area contributed by atoms with Crippen molar-refractivity contribution in [2.24, 2.45) is 0 Å². The maximum absolute atomic E-state index is 12.8. The van der Waals surface area contributed by atoms with Crippen molar-refractivity contribution in [1.82, 2.24) is 14.9 Å². The number of para-hydroxylation sites is 1. The molecule has 1 amide bonds. The van der Waals surface area contributed by atoms with Crippen LogP contribution in [0.3, 0.4) is 0 Å². The number of amides is 1. The summed E-state index contributed by atoms with van der Waals surface area (Å²) < 4.78 is 16.6. The molecule has 1 aliphatic heterocycles. The number of nitrogens with zero attached hydrogens (tertiary/aromatic N) is 3. The predicted octanol–water partition coefficient (Wildman–Crippen LogP) is 2.18. The Balaban J connectivity index is 1.67. The molecule has 7 heteroatoms. The van der Waals surface area contributed by atoms with Crippen molar-refractivity contribution in [1.29, 1.82) is 0 Å². The van der Waals surface area contributed by atoms with E-state index in [-0.39, 0.29) is 12.0 Å². The second-order valence-corrected chi connectivity index (χ2v) is 5.58. The summed E-state index contributed by atoms with van der Waals surface area (Å²) in [5.74, 6) is 1.24. The van der Waals surface area contributed by atoms with E-state index in [0.717, 1.165) is 6.42 Å². The Morgan fingerprint density at radius 3 is 2.76 bits per heavy atom.